The lowest BCUT2D eigenvalue weighted by Crippen LogP contribution is -2.30. The normalized spacial score (nSPS) is 26.0. The van der Waals surface area contributed by atoms with Crippen molar-refractivity contribution in [3.63, 3.8) is 0 Å². The quantitative estimate of drug-likeness (QED) is 0.925. The third kappa shape index (κ3) is 2.44. The first-order valence-corrected chi connectivity index (χ1v) is 8.36. The highest BCUT2D eigenvalue weighted by atomic mass is 32.2. The summed E-state index contributed by atoms with van der Waals surface area (Å²) >= 11 is 0. The molecule has 21 heavy (non-hydrogen) atoms. The summed E-state index contributed by atoms with van der Waals surface area (Å²) in [5.41, 5.74) is -0.259. The minimum Gasteiger partial charge on any atom is -0.478 e. The maximum atomic E-state index is 14.0. The molecule has 1 aliphatic carbocycles. The van der Waals surface area contributed by atoms with E-state index in [-0.39, 0.29) is 5.56 Å². The van der Waals surface area contributed by atoms with Gasteiger partial charge in [-0.05, 0) is 42.9 Å². The fourth-order valence-electron chi connectivity index (χ4n) is 3.37. The molecule has 1 saturated carbocycles. The van der Waals surface area contributed by atoms with Crippen molar-refractivity contribution in [2.75, 3.05) is 13.1 Å². The van der Waals surface area contributed by atoms with E-state index in [1.807, 2.05) is 0 Å². The molecule has 1 aromatic rings. The van der Waals surface area contributed by atoms with Crippen LogP contribution in [0.15, 0.2) is 23.1 Å². The predicted molar refractivity (Wildman–Crippen MR) is 72.9 cm³/mol. The lowest BCUT2D eigenvalue weighted by Gasteiger charge is -2.17. The van der Waals surface area contributed by atoms with Gasteiger partial charge in [0.05, 0.1) is 5.56 Å². The van der Waals surface area contributed by atoms with Crippen LogP contribution in [-0.2, 0) is 10.0 Å². The molecule has 0 unspecified atom stereocenters. The summed E-state index contributed by atoms with van der Waals surface area (Å²) < 4.78 is 40.3. The summed E-state index contributed by atoms with van der Waals surface area (Å²) in [4.78, 5) is 10.3. The van der Waals surface area contributed by atoms with Gasteiger partial charge in [0.2, 0.25) is 10.0 Å². The SMILES string of the molecule is O=C(O)c1ccc(S(=O)(=O)N2C[C@H]3CCC[C@H]3C2)c(F)c1. The van der Waals surface area contributed by atoms with E-state index < -0.39 is 26.7 Å². The zero-order valence-electron chi connectivity index (χ0n) is 11.3. The molecule has 114 valence electrons. The maximum Gasteiger partial charge on any atom is 0.335 e. The molecule has 0 amide bonds. The average Bonchev–Trinajstić information content (AvgIpc) is 2.98. The number of sulfonamides is 1. The van der Waals surface area contributed by atoms with Gasteiger partial charge in [-0.1, -0.05) is 6.42 Å². The molecule has 1 aliphatic heterocycles. The maximum absolute atomic E-state index is 14.0. The number of carbonyl (C=O) groups is 1. The first-order valence-electron chi connectivity index (χ1n) is 6.92. The van der Waals surface area contributed by atoms with Gasteiger partial charge >= 0.3 is 5.97 Å². The van der Waals surface area contributed by atoms with Gasteiger partial charge in [-0.15, -0.1) is 0 Å². The van der Waals surface area contributed by atoms with Gasteiger partial charge in [0.25, 0.3) is 0 Å². The van der Waals surface area contributed by atoms with E-state index in [2.05, 4.69) is 0 Å². The van der Waals surface area contributed by atoms with Crippen molar-refractivity contribution in [2.24, 2.45) is 11.8 Å². The van der Waals surface area contributed by atoms with Gasteiger partial charge in [0, 0.05) is 13.1 Å². The number of hydrogen-bond donors (Lipinski definition) is 1. The monoisotopic (exact) mass is 313 g/mol. The summed E-state index contributed by atoms with van der Waals surface area (Å²) in [7, 11) is -3.89. The van der Waals surface area contributed by atoms with Crippen LogP contribution in [-0.4, -0.2) is 36.9 Å². The second kappa shape index (κ2) is 5.06. The molecular weight excluding hydrogens is 297 g/mol. The molecule has 0 bridgehead atoms. The van der Waals surface area contributed by atoms with Crippen LogP contribution in [0.3, 0.4) is 0 Å². The Morgan fingerprint density at radius 1 is 1.24 bits per heavy atom. The number of carboxylic acids is 1. The van der Waals surface area contributed by atoms with Crippen molar-refractivity contribution in [1.82, 2.24) is 4.31 Å². The van der Waals surface area contributed by atoms with Crippen LogP contribution >= 0.6 is 0 Å². The van der Waals surface area contributed by atoms with E-state index in [9.17, 15) is 17.6 Å². The molecule has 3 rings (SSSR count). The van der Waals surface area contributed by atoms with E-state index in [1.54, 1.807) is 0 Å². The molecule has 1 N–H and O–H groups in total. The van der Waals surface area contributed by atoms with Gasteiger partial charge < -0.3 is 5.11 Å². The number of fused-ring (bicyclic) bond motifs is 1. The molecule has 5 nitrogen and oxygen atoms in total. The zero-order valence-corrected chi connectivity index (χ0v) is 12.1. The third-order valence-electron chi connectivity index (χ3n) is 4.49. The third-order valence-corrected chi connectivity index (χ3v) is 6.35. The van der Waals surface area contributed by atoms with E-state index >= 15 is 0 Å². The Morgan fingerprint density at radius 2 is 1.86 bits per heavy atom. The Balaban J connectivity index is 1.90. The van der Waals surface area contributed by atoms with Crippen LogP contribution in [0.4, 0.5) is 4.39 Å². The number of benzene rings is 1. The van der Waals surface area contributed by atoms with Gasteiger partial charge in [-0.25, -0.2) is 17.6 Å². The van der Waals surface area contributed by atoms with Crippen LogP contribution in [0.25, 0.3) is 0 Å². The average molecular weight is 313 g/mol. The highest BCUT2D eigenvalue weighted by molar-refractivity contribution is 7.89. The second-order valence-electron chi connectivity index (χ2n) is 5.72. The smallest absolute Gasteiger partial charge is 0.335 e. The largest absolute Gasteiger partial charge is 0.478 e. The van der Waals surface area contributed by atoms with Crippen molar-refractivity contribution in [3.8, 4) is 0 Å². The molecule has 2 aliphatic rings. The number of carboxylic acid groups (broad SMARTS) is 1. The number of nitrogens with zero attached hydrogens (tertiary/aromatic N) is 1. The fourth-order valence-corrected chi connectivity index (χ4v) is 4.97. The lowest BCUT2D eigenvalue weighted by molar-refractivity contribution is 0.0696. The molecule has 1 heterocycles. The number of rotatable bonds is 3. The molecule has 7 heteroatoms. The predicted octanol–water partition coefficient (Wildman–Crippen LogP) is 1.94. The Bertz CT molecular complexity index is 676. The molecule has 2 fully saturated rings. The molecule has 1 aromatic carbocycles. The van der Waals surface area contributed by atoms with Gasteiger partial charge in [0.15, 0.2) is 0 Å². The molecular formula is C14H16FNO4S. The van der Waals surface area contributed by atoms with Crippen LogP contribution in [0.1, 0.15) is 29.6 Å². The van der Waals surface area contributed by atoms with Crippen molar-refractivity contribution in [3.05, 3.63) is 29.6 Å². The minimum atomic E-state index is -3.89. The van der Waals surface area contributed by atoms with Gasteiger partial charge in [-0.3, -0.25) is 0 Å². The fraction of sp³-hybridized carbons (Fsp3) is 0.500. The zero-order chi connectivity index (χ0) is 15.2. The molecule has 0 aromatic heterocycles. The van der Waals surface area contributed by atoms with Crippen LogP contribution in [0.5, 0.6) is 0 Å². The first-order chi connectivity index (χ1) is 9.89. The highest BCUT2D eigenvalue weighted by Gasteiger charge is 2.42. The molecule has 0 spiro atoms. The summed E-state index contributed by atoms with van der Waals surface area (Å²) in [6, 6.07) is 2.92. The lowest BCUT2D eigenvalue weighted by atomic mass is 10.0. The van der Waals surface area contributed by atoms with Crippen molar-refractivity contribution < 1.29 is 22.7 Å². The van der Waals surface area contributed by atoms with Crippen LogP contribution in [0, 0.1) is 17.7 Å². The molecule has 1 saturated heterocycles. The topological polar surface area (TPSA) is 74.7 Å². The second-order valence-corrected chi connectivity index (χ2v) is 7.63. The number of hydrogen-bond acceptors (Lipinski definition) is 3. The summed E-state index contributed by atoms with van der Waals surface area (Å²) in [5.74, 6) is -1.54. The van der Waals surface area contributed by atoms with Gasteiger partial charge in [0.1, 0.15) is 10.7 Å². The van der Waals surface area contributed by atoms with Crippen molar-refractivity contribution in [1.29, 1.82) is 0 Å². The first kappa shape index (κ1) is 14.5. The standard InChI is InChI=1S/C14H16FNO4S/c15-12-6-9(14(17)18)4-5-13(12)21(19,20)16-7-10-2-1-3-11(10)8-16/h4-6,10-11H,1-3,7-8H2,(H,17,18)/t10-,11+. The number of aromatic carboxylic acids is 1. The van der Waals surface area contributed by atoms with E-state index in [4.69, 9.17) is 5.11 Å². The van der Waals surface area contributed by atoms with Crippen molar-refractivity contribution >= 4 is 16.0 Å². The highest BCUT2D eigenvalue weighted by Crippen LogP contribution is 2.40. The summed E-state index contributed by atoms with van der Waals surface area (Å²) in [5, 5.41) is 8.80. The minimum absolute atomic E-state index is 0.259. The van der Waals surface area contributed by atoms with Crippen LogP contribution < -0.4 is 0 Å². The summed E-state index contributed by atoms with van der Waals surface area (Å²) in [6.45, 7) is 0.875. The molecule has 2 atom stereocenters. The van der Waals surface area contributed by atoms with Gasteiger partial charge in [-0.2, -0.15) is 4.31 Å². The van der Waals surface area contributed by atoms with E-state index in [1.165, 1.54) is 4.31 Å². The summed E-state index contributed by atoms with van der Waals surface area (Å²) in [6.07, 6.45) is 3.18. The Morgan fingerprint density at radius 3 is 2.38 bits per heavy atom. The Kier molecular flexibility index (Phi) is 3.49. The van der Waals surface area contributed by atoms with Crippen molar-refractivity contribution in [2.45, 2.75) is 24.2 Å². The van der Waals surface area contributed by atoms with E-state index in [0.717, 1.165) is 37.5 Å². The Labute approximate surface area is 122 Å². The molecule has 0 radical (unpaired) electrons. The number of halogens is 1. The van der Waals surface area contributed by atoms with Crippen LogP contribution in [0.2, 0.25) is 0 Å². The van der Waals surface area contributed by atoms with E-state index in [0.29, 0.717) is 24.9 Å². The Hall–Kier alpha value is -1.47.